The largest absolute Gasteiger partial charge is 0.375 e. The van der Waals surface area contributed by atoms with Gasteiger partial charge in [-0.1, -0.05) is 24.9 Å². The van der Waals surface area contributed by atoms with Gasteiger partial charge in [0.25, 0.3) is 0 Å². The van der Waals surface area contributed by atoms with Crippen LogP contribution in [0.1, 0.15) is 29.5 Å². The summed E-state index contributed by atoms with van der Waals surface area (Å²) < 4.78 is 13.7. The first-order valence-corrected chi connectivity index (χ1v) is 6.97. The van der Waals surface area contributed by atoms with Crippen LogP contribution in [0.25, 0.3) is 0 Å². The molecule has 2 aromatic rings. The summed E-state index contributed by atoms with van der Waals surface area (Å²) in [4.78, 5) is 5.31. The highest BCUT2D eigenvalue weighted by Crippen LogP contribution is 2.26. The van der Waals surface area contributed by atoms with E-state index in [2.05, 4.69) is 11.9 Å². The molecule has 0 bridgehead atoms. The third-order valence-electron chi connectivity index (χ3n) is 2.64. The zero-order valence-electron chi connectivity index (χ0n) is 10.0. The normalized spacial score (nSPS) is 10.8. The molecule has 1 aromatic heterocycles. The van der Waals surface area contributed by atoms with Gasteiger partial charge in [-0.05, 0) is 30.2 Å². The monoisotopic (exact) mass is 284 g/mol. The Balaban J connectivity index is 2.30. The number of hydrogen-bond acceptors (Lipinski definition) is 3. The zero-order valence-corrected chi connectivity index (χ0v) is 11.6. The van der Waals surface area contributed by atoms with Gasteiger partial charge in [-0.15, -0.1) is 11.3 Å². The highest BCUT2D eigenvalue weighted by atomic mass is 35.5. The number of nitrogens with two attached hydrogens (primary N) is 1. The van der Waals surface area contributed by atoms with Crippen molar-refractivity contribution in [2.45, 2.75) is 26.2 Å². The van der Waals surface area contributed by atoms with E-state index in [0.29, 0.717) is 22.1 Å². The molecule has 96 valence electrons. The Morgan fingerprint density at radius 2 is 2.22 bits per heavy atom. The van der Waals surface area contributed by atoms with Crippen molar-refractivity contribution in [3.05, 3.63) is 45.2 Å². The molecule has 18 heavy (non-hydrogen) atoms. The molecule has 0 unspecified atom stereocenters. The van der Waals surface area contributed by atoms with Crippen molar-refractivity contribution >= 4 is 28.1 Å². The molecule has 0 fully saturated rings. The zero-order chi connectivity index (χ0) is 13.1. The molecule has 0 saturated carbocycles. The van der Waals surface area contributed by atoms with Crippen molar-refractivity contribution in [3.8, 4) is 0 Å². The first-order chi connectivity index (χ1) is 8.60. The van der Waals surface area contributed by atoms with Crippen molar-refractivity contribution < 1.29 is 4.39 Å². The molecule has 2 rings (SSSR count). The molecule has 2 nitrogen and oxygen atoms in total. The van der Waals surface area contributed by atoms with Gasteiger partial charge in [0, 0.05) is 16.3 Å². The topological polar surface area (TPSA) is 38.9 Å². The molecule has 2 N–H and O–H groups in total. The number of aryl methyl sites for hydroxylation is 1. The lowest BCUT2D eigenvalue weighted by Crippen LogP contribution is -1.95. The Morgan fingerprint density at radius 1 is 1.44 bits per heavy atom. The number of benzene rings is 1. The van der Waals surface area contributed by atoms with Crippen molar-refractivity contribution in [1.29, 1.82) is 0 Å². The van der Waals surface area contributed by atoms with Crippen molar-refractivity contribution in [2.24, 2.45) is 0 Å². The van der Waals surface area contributed by atoms with Crippen molar-refractivity contribution in [3.63, 3.8) is 0 Å². The van der Waals surface area contributed by atoms with Gasteiger partial charge in [0.15, 0.2) is 5.13 Å². The molecule has 1 aromatic carbocycles. The van der Waals surface area contributed by atoms with E-state index in [9.17, 15) is 4.39 Å². The van der Waals surface area contributed by atoms with Gasteiger partial charge >= 0.3 is 0 Å². The second-order valence-corrected chi connectivity index (χ2v) is 5.64. The number of halogens is 2. The van der Waals surface area contributed by atoms with Crippen molar-refractivity contribution in [1.82, 2.24) is 4.98 Å². The third-order valence-corrected chi connectivity index (χ3v) is 3.80. The van der Waals surface area contributed by atoms with Gasteiger partial charge in [0.05, 0.1) is 5.69 Å². The van der Waals surface area contributed by atoms with Crippen LogP contribution in [0.5, 0.6) is 0 Å². The minimum Gasteiger partial charge on any atom is -0.375 e. The fourth-order valence-electron chi connectivity index (χ4n) is 1.83. The Labute approximate surface area is 115 Å². The standard InChI is InChI=1S/C13H14ClFN2S/c1-2-3-11-12(18-13(16)17-11)7-8-6-9(14)4-5-10(8)15/h4-6H,2-3,7H2,1H3,(H2,16,17). The van der Waals surface area contributed by atoms with E-state index in [1.165, 1.54) is 17.4 Å². The van der Waals surface area contributed by atoms with E-state index >= 15 is 0 Å². The van der Waals surface area contributed by atoms with Crippen molar-refractivity contribution in [2.75, 3.05) is 5.73 Å². The van der Waals surface area contributed by atoms with Crippen LogP contribution in [0.15, 0.2) is 18.2 Å². The van der Waals surface area contributed by atoms with Crippen LogP contribution in [-0.2, 0) is 12.8 Å². The van der Waals surface area contributed by atoms with Gasteiger partial charge in [-0.3, -0.25) is 0 Å². The average molecular weight is 285 g/mol. The molecule has 0 aliphatic heterocycles. The third kappa shape index (κ3) is 3.00. The molecule has 0 aliphatic carbocycles. The lowest BCUT2D eigenvalue weighted by molar-refractivity contribution is 0.614. The Kier molecular flexibility index (Phi) is 4.19. The highest BCUT2D eigenvalue weighted by Gasteiger charge is 2.12. The molecular formula is C13H14ClFN2S. The summed E-state index contributed by atoms with van der Waals surface area (Å²) in [7, 11) is 0. The molecule has 0 radical (unpaired) electrons. The number of thiazole rings is 1. The SMILES string of the molecule is CCCc1nc(N)sc1Cc1cc(Cl)ccc1F. The molecule has 0 saturated heterocycles. The second-order valence-electron chi connectivity index (χ2n) is 4.08. The van der Waals surface area contributed by atoms with Gasteiger partial charge in [0.1, 0.15) is 5.82 Å². The molecule has 1 heterocycles. The highest BCUT2D eigenvalue weighted by molar-refractivity contribution is 7.15. The molecule has 0 atom stereocenters. The van der Waals surface area contributed by atoms with Crippen LogP contribution in [0, 0.1) is 5.82 Å². The maximum absolute atomic E-state index is 13.7. The fraction of sp³-hybridized carbons (Fsp3) is 0.308. The number of rotatable bonds is 4. The Bertz CT molecular complexity index is 554. The van der Waals surface area contributed by atoms with Crippen LogP contribution in [0.2, 0.25) is 5.02 Å². The van der Waals surface area contributed by atoms with Gasteiger partial charge < -0.3 is 5.73 Å². The van der Waals surface area contributed by atoms with Gasteiger partial charge in [0.2, 0.25) is 0 Å². The maximum atomic E-state index is 13.7. The summed E-state index contributed by atoms with van der Waals surface area (Å²) in [5, 5.41) is 1.08. The number of anilines is 1. The number of nitrogens with zero attached hydrogens (tertiary/aromatic N) is 1. The summed E-state index contributed by atoms with van der Waals surface area (Å²) >= 11 is 7.31. The van der Waals surface area contributed by atoms with Crippen LogP contribution < -0.4 is 5.73 Å². The second kappa shape index (κ2) is 5.67. The predicted octanol–water partition coefficient (Wildman–Crippen LogP) is 4.06. The Hall–Kier alpha value is -1.13. The van der Waals surface area contributed by atoms with E-state index in [-0.39, 0.29) is 5.82 Å². The lowest BCUT2D eigenvalue weighted by atomic mass is 10.1. The quantitative estimate of drug-likeness (QED) is 0.919. The van der Waals surface area contributed by atoms with E-state index in [0.717, 1.165) is 23.4 Å². The molecular weight excluding hydrogens is 271 g/mol. The number of hydrogen-bond donors (Lipinski definition) is 1. The summed E-state index contributed by atoms with van der Waals surface area (Å²) in [5.74, 6) is -0.242. The smallest absolute Gasteiger partial charge is 0.180 e. The van der Waals surface area contributed by atoms with Crippen LogP contribution in [0.4, 0.5) is 9.52 Å². The summed E-state index contributed by atoms with van der Waals surface area (Å²) in [6.07, 6.45) is 2.36. The van der Waals surface area contributed by atoms with E-state index in [1.54, 1.807) is 12.1 Å². The molecule has 5 heteroatoms. The first-order valence-electron chi connectivity index (χ1n) is 5.78. The van der Waals surface area contributed by atoms with E-state index in [1.807, 2.05) is 0 Å². The summed E-state index contributed by atoms with van der Waals surface area (Å²) in [5.41, 5.74) is 7.28. The lowest BCUT2D eigenvalue weighted by Gasteiger charge is -2.04. The van der Waals surface area contributed by atoms with E-state index < -0.39 is 0 Å². The number of aromatic nitrogens is 1. The van der Waals surface area contributed by atoms with Gasteiger partial charge in [-0.25, -0.2) is 9.37 Å². The first kappa shape index (κ1) is 13.3. The van der Waals surface area contributed by atoms with Gasteiger partial charge in [-0.2, -0.15) is 0 Å². The summed E-state index contributed by atoms with van der Waals surface area (Å²) in [6, 6.07) is 4.60. The minimum atomic E-state index is -0.242. The maximum Gasteiger partial charge on any atom is 0.180 e. The van der Waals surface area contributed by atoms with Crippen LogP contribution in [-0.4, -0.2) is 4.98 Å². The predicted molar refractivity (Wildman–Crippen MR) is 74.7 cm³/mol. The Morgan fingerprint density at radius 3 is 2.94 bits per heavy atom. The molecule has 0 spiro atoms. The minimum absolute atomic E-state index is 0.242. The summed E-state index contributed by atoms with van der Waals surface area (Å²) in [6.45, 7) is 2.08. The average Bonchev–Trinajstić information content (AvgIpc) is 2.65. The van der Waals surface area contributed by atoms with E-state index in [4.69, 9.17) is 17.3 Å². The fourth-order valence-corrected chi connectivity index (χ4v) is 2.92. The van der Waals surface area contributed by atoms with Crippen LogP contribution in [0.3, 0.4) is 0 Å². The van der Waals surface area contributed by atoms with Crippen LogP contribution >= 0.6 is 22.9 Å². The number of nitrogen functional groups attached to an aromatic ring is 1. The molecule has 0 aliphatic rings. The molecule has 0 amide bonds.